The molecule has 2 saturated heterocycles. The van der Waals surface area contributed by atoms with Gasteiger partial charge in [0.05, 0.1) is 22.6 Å². The predicted molar refractivity (Wildman–Crippen MR) is 181 cm³/mol. The first-order chi connectivity index (χ1) is 22.4. The second-order valence-electron chi connectivity index (χ2n) is 16.6. The second kappa shape index (κ2) is 13.4. The van der Waals surface area contributed by atoms with Crippen LogP contribution in [0.15, 0.2) is 12.7 Å². The Morgan fingerprint density at radius 1 is 0.979 bits per heavy atom. The van der Waals surface area contributed by atoms with E-state index in [1.165, 1.54) is 6.08 Å². The van der Waals surface area contributed by atoms with Crippen molar-refractivity contribution in [1.82, 2.24) is 26.2 Å². The van der Waals surface area contributed by atoms with E-state index in [2.05, 4.69) is 41.7 Å². The van der Waals surface area contributed by atoms with Gasteiger partial charge in [-0.2, -0.15) is 0 Å². The Kier molecular flexibility index (Phi) is 10.1. The third-order valence-corrected chi connectivity index (χ3v) is 14.1. The minimum Gasteiger partial charge on any atom is -0.346 e. The highest BCUT2D eigenvalue weighted by molar-refractivity contribution is 7.92. The number of rotatable bonds is 12. The number of fused-ring (bicyclic) bond motifs is 1. The Labute approximate surface area is 285 Å². The Hall–Kier alpha value is -2.96. The largest absolute Gasteiger partial charge is 0.346 e. The number of nitrogens with zero attached hydrogens (tertiary/aromatic N) is 1. The molecule has 0 spiro atoms. The number of carbonyl (C=O) groups excluding carboxylic acids is 5. The molecule has 268 valence electrons. The fourth-order valence-electron chi connectivity index (χ4n) is 8.73. The van der Waals surface area contributed by atoms with Gasteiger partial charge in [-0.1, -0.05) is 72.8 Å². The zero-order valence-corrected chi connectivity index (χ0v) is 30.0. The molecule has 0 radical (unpaired) electrons. The van der Waals surface area contributed by atoms with Crippen molar-refractivity contribution in [3.8, 4) is 0 Å². The molecule has 4 N–H and O–H groups in total. The maximum absolute atomic E-state index is 14.5. The van der Waals surface area contributed by atoms with Crippen molar-refractivity contribution in [1.29, 1.82) is 0 Å². The zero-order chi connectivity index (χ0) is 35.2. The van der Waals surface area contributed by atoms with Gasteiger partial charge in [-0.3, -0.25) is 19.2 Å². The molecule has 0 bridgehead atoms. The van der Waals surface area contributed by atoms with Gasteiger partial charge in [-0.15, -0.1) is 6.58 Å². The fraction of sp³-hybridized carbons (Fsp3) is 0.800. The van der Waals surface area contributed by atoms with Gasteiger partial charge in [0.1, 0.15) is 12.1 Å². The van der Waals surface area contributed by atoms with Crippen LogP contribution in [0.1, 0.15) is 98.8 Å². The van der Waals surface area contributed by atoms with Crippen molar-refractivity contribution in [3.63, 3.8) is 0 Å². The van der Waals surface area contributed by atoms with E-state index in [1.807, 2.05) is 20.8 Å². The van der Waals surface area contributed by atoms with Gasteiger partial charge in [0.25, 0.3) is 5.91 Å². The van der Waals surface area contributed by atoms with Crippen molar-refractivity contribution in [2.45, 2.75) is 128 Å². The quantitative estimate of drug-likeness (QED) is 0.180. The van der Waals surface area contributed by atoms with Gasteiger partial charge in [-0.25, -0.2) is 13.2 Å². The minimum absolute atomic E-state index is 0.0678. The lowest BCUT2D eigenvalue weighted by Crippen LogP contribution is -2.65. The molecule has 6 atom stereocenters. The smallest absolute Gasteiger partial charge is 0.315 e. The van der Waals surface area contributed by atoms with E-state index in [9.17, 15) is 32.4 Å². The molecule has 0 aromatic carbocycles. The van der Waals surface area contributed by atoms with E-state index in [4.69, 9.17) is 0 Å². The van der Waals surface area contributed by atoms with Crippen molar-refractivity contribution in [2.24, 2.45) is 28.6 Å². The number of carbonyl (C=O) groups is 5. The lowest BCUT2D eigenvalue weighted by molar-refractivity contribution is -0.145. The first-order valence-electron chi connectivity index (χ1n) is 17.8. The van der Waals surface area contributed by atoms with E-state index < -0.39 is 73.7 Å². The molecular weight excluding hydrogens is 634 g/mol. The molecule has 12 nitrogen and oxygen atoms in total. The number of likely N-dealkylation sites (tertiary alicyclic amines) is 1. The SMILES string of the molecule is C=CCNC(=O)C(=O)C(CC1CC1)NC(=O)C1C2C(CN1C(=O)[C@@H](NC(=O)NC1(C3CCCS3(=O)=O)CCCCC1)C(C)(C)C)C2(C)C. The summed E-state index contributed by atoms with van der Waals surface area (Å²) in [6, 6.07) is -3.47. The highest BCUT2D eigenvalue weighted by atomic mass is 32.2. The molecule has 5 rings (SSSR count). The van der Waals surface area contributed by atoms with Crippen LogP contribution in [0.2, 0.25) is 0 Å². The lowest BCUT2D eigenvalue weighted by atomic mass is 9.78. The average Bonchev–Trinajstić information content (AvgIpc) is 3.79. The van der Waals surface area contributed by atoms with Crippen LogP contribution < -0.4 is 21.3 Å². The Balaban J connectivity index is 1.35. The summed E-state index contributed by atoms with van der Waals surface area (Å²) in [5.74, 6) is -2.07. The molecule has 13 heteroatoms. The number of nitrogens with one attached hydrogen (secondary N) is 4. The van der Waals surface area contributed by atoms with Crippen molar-refractivity contribution in [2.75, 3.05) is 18.8 Å². The monoisotopic (exact) mass is 689 g/mol. The van der Waals surface area contributed by atoms with Gasteiger partial charge < -0.3 is 26.2 Å². The summed E-state index contributed by atoms with van der Waals surface area (Å²) in [5, 5.41) is 10.7. The molecule has 0 aromatic heterocycles. The summed E-state index contributed by atoms with van der Waals surface area (Å²) >= 11 is 0. The van der Waals surface area contributed by atoms with Crippen LogP contribution in [-0.2, 0) is 29.0 Å². The number of ketones is 1. The van der Waals surface area contributed by atoms with Crippen LogP contribution in [0.4, 0.5) is 4.79 Å². The first kappa shape index (κ1) is 36.3. The molecule has 5 unspecified atom stereocenters. The minimum atomic E-state index is -3.35. The van der Waals surface area contributed by atoms with Gasteiger partial charge >= 0.3 is 6.03 Å². The van der Waals surface area contributed by atoms with Crippen LogP contribution in [0, 0.1) is 28.6 Å². The number of urea groups is 1. The summed E-state index contributed by atoms with van der Waals surface area (Å²) < 4.78 is 26.1. The first-order valence-corrected chi connectivity index (χ1v) is 19.5. The van der Waals surface area contributed by atoms with Crippen LogP contribution in [-0.4, -0.2) is 90.6 Å². The number of amides is 5. The number of sulfone groups is 1. The summed E-state index contributed by atoms with van der Waals surface area (Å²) in [6.07, 6.45) is 8.51. The lowest BCUT2D eigenvalue weighted by Gasteiger charge is -2.43. The summed E-state index contributed by atoms with van der Waals surface area (Å²) in [5.41, 5.74) is -1.82. The van der Waals surface area contributed by atoms with E-state index in [-0.39, 0.29) is 35.5 Å². The number of hydrogen-bond acceptors (Lipinski definition) is 7. The van der Waals surface area contributed by atoms with Gasteiger partial charge in [0, 0.05) is 13.1 Å². The van der Waals surface area contributed by atoms with Crippen molar-refractivity contribution < 1.29 is 32.4 Å². The van der Waals surface area contributed by atoms with Crippen LogP contribution in [0.3, 0.4) is 0 Å². The molecule has 3 saturated carbocycles. The standard InChI is InChI=1S/C35H55N5O7S/c1-7-17-36-30(43)27(41)23(19-21-13-14-21)37-29(42)26-25-22(34(25,5)6)20-40(26)31(44)28(33(2,3)4)38-32(45)39-35(15-9-8-10-16-35)24-12-11-18-48(24,46)47/h7,21-26,28H,1,8-20H2,2-6H3,(H,36,43)(H,37,42)(H2,38,39,45)/t22?,23?,24?,25?,26?,28-/m1/s1. The van der Waals surface area contributed by atoms with Crippen molar-refractivity contribution in [3.05, 3.63) is 12.7 Å². The van der Waals surface area contributed by atoms with Crippen LogP contribution in [0.5, 0.6) is 0 Å². The predicted octanol–water partition coefficient (Wildman–Crippen LogP) is 2.62. The maximum atomic E-state index is 14.5. The van der Waals surface area contributed by atoms with Gasteiger partial charge in [0.15, 0.2) is 9.84 Å². The zero-order valence-electron chi connectivity index (χ0n) is 29.2. The summed E-state index contributed by atoms with van der Waals surface area (Å²) in [4.78, 5) is 69.6. The van der Waals surface area contributed by atoms with E-state index >= 15 is 0 Å². The topological polar surface area (TPSA) is 171 Å². The molecule has 5 fully saturated rings. The van der Waals surface area contributed by atoms with Gasteiger partial charge in [0.2, 0.25) is 17.6 Å². The second-order valence-corrected chi connectivity index (χ2v) is 18.9. The molecule has 5 amide bonds. The Bertz CT molecular complexity index is 1430. The fourth-order valence-corrected chi connectivity index (χ4v) is 11.1. The van der Waals surface area contributed by atoms with Gasteiger partial charge in [-0.05, 0) is 60.7 Å². The highest BCUT2D eigenvalue weighted by Crippen LogP contribution is 2.65. The Morgan fingerprint density at radius 3 is 2.21 bits per heavy atom. The molecule has 3 aliphatic carbocycles. The third kappa shape index (κ3) is 7.31. The summed E-state index contributed by atoms with van der Waals surface area (Å²) in [6.45, 7) is 13.7. The maximum Gasteiger partial charge on any atom is 0.315 e. The molecule has 2 aliphatic heterocycles. The molecule has 0 aromatic rings. The van der Waals surface area contributed by atoms with E-state index in [0.29, 0.717) is 38.6 Å². The van der Waals surface area contributed by atoms with Crippen LogP contribution in [0.25, 0.3) is 0 Å². The highest BCUT2D eigenvalue weighted by Gasteiger charge is 2.70. The molecule has 2 heterocycles. The average molecular weight is 690 g/mol. The molecule has 48 heavy (non-hydrogen) atoms. The van der Waals surface area contributed by atoms with E-state index in [1.54, 1.807) is 4.90 Å². The van der Waals surface area contributed by atoms with E-state index in [0.717, 1.165) is 32.1 Å². The number of Topliss-reactive ketones (excluding diaryl/α,β-unsaturated/α-hetero) is 1. The third-order valence-electron chi connectivity index (χ3n) is 11.7. The summed E-state index contributed by atoms with van der Waals surface area (Å²) in [7, 11) is -3.35. The van der Waals surface area contributed by atoms with Crippen molar-refractivity contribution >= 4 is 39.4 Å². The normalized spacial score (nSPS) is 29.5. The van der Waals surface area contributed by atoms with Crippen LogP contribution >= 0.6 is 0 Å². The molecular formula is C35H55N5O7S. The Morgan fingerprint density at radius 2 is 1.65 bits per heavy atom. The molecule has 5 aliphatic rings. The number of hydrogen-bond donors (Lipinski definition) is 4. The number of piperidine rings is 1.